The molecular weight excluding hydrogens is 386 g/mol. The molecule has 0 spiro atoms. The molecule has 0 unspecified atom stereocenters. The summed E-state index contributed by atoms with van der Waals surface area (Å²) in [6.07, 6.45) is 2.88. The maximum Gasteiger partial charge on any atom is 0.329 e. The van der Waals surface area contributed by atoms with Crippen molar-refractivity contribution in [2.24, 2.45) is 0 Å². The number of sulfone groups is 1. The molecule has 2 aliphatic rings. The van der Waals surface area contributed by atoms with Gasteiger partial charge in [0, 0.05) is 14.1 Å². The van der Waals surface area contributed by atoms with Crippen molar-refractivity contribution in [3.05, 3.63) is 12.2 Å². The SMILES string of the molecule is CN(C)S(=O)(=O)NC1(C(=O)NC2(C(=O)O)CCS(=O)(=O)CC2)CC=CC1. The van der Waals surface area contributed by atoms with Crippen molar-refractivity contribution in [1.82, 2.24) is 14.3 Å². The number of hydrogen-bond donors (Lipinski definition) is 3. The van der Waals surface area contributed by atoms with Gasteiger partial charge in [0.25, 0.3) is 10.2 Å². The summed E-state index contributed by atoms with van der Waals surface area (Å²) in [7, 11) is -4.67. The Kier molecular flexibility index (Phi) is 5.53. The predicted molar refractivity (Wildman–Crippen MR) is 93.2 cm³/mol. The zero-order valence-corrected chi connectivity index (χ0v) is 16.2. The van der Waals surface area contributed by atoms with Crippen LogP contribution in [-0.2, 0) is 29.6 Å². The van der Waals surface area contributed by atoms with Gasteiger partial charge >= 0.3 is 5.97 Å². The van der Waals surface area contributed by atoms with Gasteiger partial charge in [-0.05, 0) is 25.7 Å². The second kappa shape index (κ2) is 6.91. The number of carbonyl (C=O) groups excluding carboxylic acids is 1. The highest BCUT2D eigenvalue weighted by Gasteiger charge is 2.50. The first-order chi connectivity index (χ1) is 11.8. The van der Waals surface area contributed by atoms with E-state index < -0.39 is 43.0 Å². The second-order valence-corrected chi connectivity index (χ2v) is 11.0. The Morgan fingerprint density at radius 3 is 2.00 bits per heavy atom. The molecule has 1 heterocycles. The highest BCUT2D eigenvalue weighted by Crippen LogP contribution is 2.29. The number of nitrogens with zero attached hydrogens (tertiary/aromatic N) is 1. The smallest absolute Gasteiger partial charge is 0.329 e. The van der Waals surface area contributed by atoms with E-state index in [1.54, 1.807) is 12.2 Å². The number of hydrogen-bond acceptors (Lipinski definition) is 6. The van der Waals surface area contributed by atoms with Crippen LogP contribution in [0.2, 0.25) is 0 Å². The van der Waals surface area contributed by atoms with Crippen LogP contribution in [0.4, 0.5) is 0 Å². The van der Waals surface area contributed by atoms with E-state index in [1.807, 2.05) is 0 Å². The lowest BCUT2D eigenvalue weighted by Gasteiger charge is -2.38. The van der Waals surface area contributed by atoms with Gasteiger partial charge in [-0.15, -0.1) is 0 Å². The predicted octanol–water partition coefficient (Wildman–Crippen LogP) is -1.38. The van der Waals surface area contributed by atoms with Crippen molar-refractivity contribution < 1.29 is 31.5 Å². The van der Waals surface area contributed by atoms with Crippen LogP contribution in [-0.4, -0.2) is 74.8 Å². The average molecular weight is 409 g/mol. The monoisotopic (exact) mass is 409 g/mol. The Morgan fingerprint density at radius 2 is 1.58 bits per heavy atom. The fourth-order valence-corrected chi connectivity index (χ4v) is 5.38. The molecule has 0 radical (unpaired) electrons. The first kappa shape index (κ1) is 20.8. The molecule has 1 amide bonds. The molecule has 2 rings (SSSR count). The summed E-state index contributed by atoms with van der Waals surface area (Å²) in [6.45, 7) is 0. The molecule has 0 aromatic carbocycles. The minimum Gasteiger partial charge on any atom is -0.480 e. The molecular formula is C14H23N3O7S2. The van der Waals surface area contributed by atoms with Gasteiger partial charge in [0.15, 0.2) is 9.84 Å². The van der Waals surface area contributed by atoms with Crippen LogP contribution in [0, 0.1) is 0 Å². The van der Waals surface area contributed by atoms with Gasteiger partial charge in [-0.1, -0.05) is 12.2 Å². The Bertz CT molecular complexity index is 809. The molecule has 148 valence electrons. The third-order valence-corrected chi connectivity index (χ3v) is 8.04. The summed E-state index contributed by atoms with van der Waals surface area (Å²) in [5.74, 6) is -2.82. The molecule has 0 saturated carbocycles. The van der Waals surface area contributed by atoms with Gasteiger partial charge in [-0.25, -0.2) is 13.2 Å². The molecule has 1 aliphatic heterocycles. The molecule has 0 atom stereocenters. The number of amides is 1. The van der Waals surface area contributed by atoms with Gasteiger partial charge in [0.2, 0.25) is 5.91 Å². The van der Waals surface area contributed by atoms with E-state index in [-0.39, 0.29) is 37.2 Å². The zero-order valence-electron chi connectivity index (χ0n) is 14.6. The molecule has 0 aromatic rings. The highest BCUT2D eigenvalue weighted by atomic mass is 32.2. The van der Waals surface area contributed by atoms with E-state index >= 15 is 0 Å². The summed E-state index contributed by atoms with van der Waals surface area (Å²) in [5.41, 5.74) is -3.27. The van der Waals surface area contributed by atoms with Crippen LogP contribution in [0.5, 0.6) is 0 Å². The summed E-state index contributed by atoms with van der Waals surface area (Å²) < 4.78 is 50.9. The van der Waals surface area contributed by atoms with E-state index in [1.165, 1.54) is 14.1 Å². The number of nitrogens with one attached hydrogen (secondary N) is 2. The highest BCUT2D eigenvalue weighted by molar-refractivity contribution is 7.91. The normalized spacial score (nSPS) is 23.7. The second-order valence-electron chi connectivity index (χ2n) is 6.84. The zero-order chi connectivity index (χ0) is 19.8. The molecule has 1 saturated heterocycles. The lowest BCUT2D eigenvalue weighted by molar-refractivity contribution is -0.149. The number of rotatable bonds is 6. The summed E-state index contributed by atoms with van der Waals surface area (Å²) in [6, 6.07) is 0. The molecule has 3 N–H and O–H groups in total. The molecule has 1 aliphatic carbocycles. The number of aliphatic carboxylic acids is 1. The summed E-state index contributed by atoms with van der Waals surface area (Å²) in [4.78, 5) is 24.7. The van der Waals surface area contributed by atoms with Gasteiger partial charge in [0.1, 0.15) is 11.1 Å². The van der Waals surface area contributed by atoms with E-state index in [9.17, 15) is 31.5 Å². The minimum absolute atomic E-state index is 0.0693. The summed E-state index contributed by atoms with van der Waals surface area (Å²) >= 11 is 0. The van der Waals surface area contributed by atoms with Gasteiger partial charge in [-0.3, -0.25) is 4.79 Å². The number of carbonyl (C=O) groups is 2. The van der Waals surface area contributed by atoms with Crippen LogP contribution in [0.25, 0.3) is 0 Å². The van der Waals surface area contributed by atoms with Gasteiger partial charge in [0.05, 0.1) is 11.5 Å². The van der Waals surface area contributed by atoms with Crippen molar-refractivity contribution in [3.8, 4) is 0 Å². The number of carboxylic acid groups (broad SMARTS) is 1. The topological polar surface area (TPSA) is 150 Å². The van der Waals surface area contributed by atoms with Gasteiger partial charge in [-0.2, -0.15) is 17.4 Å². The fraction of sp³-hybridized carbons (Fsp3) is 0.714. The lowest BCUT2D eigenvalue weighted by atomic mass is 9.89. The van der Waals surface area contributed by atoms with Crippen molar-refractivity contribution in [3.63, 3.8) is 0 Å². The quantitative estimate of drug-likeness (QED) is 0.458. The van der Waals surface area contributed by atoms with Crippen LogP contribution in [0.1, 0.15) is 25.7 Å². The Balaban J connectivity index is 2.28. The van der Waals surface area contributed by atoms with E-state index in [0.717, 1.165) is 4.31 Å². The van der Waals surface area contributed by atoms with E-state index in [4.69, 9.17) is 0 Å². The Morgan fingerprint density at radius 1 is 1.08 bits per heavy atom. The molecule has 0 bridgehead atoms. The van der Waals surface area contributed by atoms with Crippen LogP contribution < -0.4 is 10.0 Å². The molecule has 10 nitrogen and oxygen atoms in total. The number of carboxylic acids is 1. The molecule has 12 heteroatoms. The molecule has 0 aromatic heterocycles. The standard InChI is InChI=1S/C14H23N3O7S2/c1-17(2)26(23,24)16-13(5-3-4-6-13)11(18)15-14(12(19)20)7-9-25(21,22)10-8-14/h3-4,16H,5-10H2,1-2H3,(H,15,18)(H,19,20). The van der Waals surface area contributed by atoms with Crippen molar-refractivity contribution in [2.45, 2.75) is 36.8 Å². The van der Waals surface area contributed by atoms with Crippen LogP contribution >= 0.6 is 0 Å². The van der Waals surface area contributed by atoms with Crippen LogP contribution in [0.15, 0.2) is 12.2 Å². The lowest BCUT2D eigenvalue weighted by Crippen LogP contribution is -2.66. The van der Waals surface area contributed by atoms with Crippen molar-refractivity contribution in [2.75, 3.05) is 25.6 Å². The Labute approximate surface area is 152 Å². The molecule has 1 fully saturated rings. The third kappa shape index (κ3) is 4.08. The fourth-order valence-electron chi connectivity index (χ4n) is 2.92. The first-order valence-corrected chi connectivity index (χ1v) is 11.2. The summed E-state index contributed by atoms with van der Waals surface area (Å²) in [5, 5.41) is 12.0. The van der Waals surface area contributed by atoms with Gasteiger partial charge < -0.3 is 10.4 Å². The average Bonchev–Trinajstić information content (AvgIpc) is 2.98. The van der Waals surface area contributed by atoms with Crippen LogP contribution in [0.3, 0.4) is 0 Å². The Hall–Kier alpha value is -1.50. The molecule has 26 heavy (non-hydrogen) atoms. The third-order valence-electron chi connectivity index (χ3n) is 4.78. The van der Waals surface area contributed by atoms with E-state index in [2.05, 4.69) is 10.0 Å². The largest absolute Gasteiger partial charge is 0.480 e. The minimum atomic E-state index is -3.95. The maximum atomic E-state index is 12.9. The van der Waals surface area contributed by atoms with E-state index in [0.29, 0.717) is 0 Å². The maximum absolute atomic E-state index is 12.9. The van der Waals surface area contributed by atoms with Crippen molar-refractivity contribution in [1.29, 1.82) is 0 Å². The first-order valence-electron chi connectivity index (χ1n) is 7.97. The van der Waals surface area contributed by atoms with Crippen molar-refractivity contribution >= 4 is 31.9 Å².